The predicted octanol–water partition coefficient (Wildman–Crippen LogP) is 2.50. The van der Waals surface area contributed by atoms with Crippen LogP contribution in [0.2, 0.25) is 0 Å². The highest BCUT2D eigenvalue weighted by molar-refractivity contribution is 7.92. The number of nitrogens with one attached hydrogen (secondary N) is 1. The lowest BCUT2D eigenvalue weighted by Gasteiger charge is -2.08. The second kappa shape index (κ2) is 5.88. The fraction of sp³-hybridized carbons (Fsp3) is 0.0667. The molecule has 0 heterocycles. The Balaban J connectivity index is 2.29. The van der Waals surface area contributed by atoms with Crippen LogP contribution in [0.4, 0.5) is 5.69 Å². The molecular weight excluding hydrogens is 290 g/mol. The number of hydrogen-bond acceptors (Lipinski definition) is 4. The first-order valence-corrected chi connectivity index (χ1v) is 7.60. The van der Waals surface area contributed by atoms with E-state index in [0.29, 0.717) is 23.1 Å². The molecule has 0 atom stereocenters. The first kappa shape index (κ1) is 14.9. The third-order valence-corrected chi connectivity index (χ3v) is 4.24. The number of ketones is 1. The van der Waals surface area contributed by atoms with Crippen molar-refractivity contribution in [2.24, 2.45) is 0 Å². The van der Waals surface area contributed by atoms with Gasteiger partial charge < -0.3 is 0 Å². The Morgan fingerprint density at radius 2 is 1.76 bits per heavy atom. The van der Waals surface area contributed by atoms with Crippen LogP contribution in [0.3, 0.4) is 0 Å². The second-order valence-corrected chi connectivity index (χ2v) is 6.11. The van der Waals surface area contributed by atoms with Gasteiger partial charge in [-0.1, -0.05) is 24.3 Å². The summed E-state index contributed by atoms with van der Waals surface area (Å²) < 4.78 is 26.8. The number of carbonyl (C=O) groups is 2. The number of Topliss-reactive ketones (excluding diaryl/α,β-unsaturated/α-hetero) is 1. The Labute approximate surface area is 122 Å². The molecule has 1 N–H and O–H groups in total. The standard InChI is InChI=1S/C15H13NO4S/c1-11(18)13-5-7-15(8-6-13)21(19,20)16-14-4-2-3-12(9-14)10-17/h2-10,16H,1H3. The Morgan fingerprint density at radius 3 is 2.33 bits per heavy atom. The van der Waals surface area contributed by atoms with Crippen molar-refractivity contribution in [1.82, 2.24) is 0 Å². The molecule has 0 saturated heterocycles. The van der Waals surface area contributed by atoms with Gasteiger partial charge in [0.15, 0.2) is 5.78 Å². The summed E-state index contributed by atoms with van der Waals surface area (Å²) in [4.78, 5) is 21.9. The summed E-state index contributed by atoms with van der Waals surface area (Å²) in [5.74, 6) is -0.134. The summed E-state index contributed by atoms with van der Waals surface area (Å²) in [6.45, 7) is 1.41. The van der Waals surface area contributed by atoms with Gasteiger partial charge in [0.05, 0.1) is 4.90 Å². The number of carbonyl (C=O) groups excluding carboxylic acids is 2. The molecular formula is C15H13NO4S. The van der Waals surface area contributed by atoms with Crippen LogP contribution in [-0.2, 0) is 10.0 Å². The molecule has 0 aliphatic heterocycles. The molecule has 0 aromatic heterocycles. The summed E-state index contributed by atoms with van der Waals surface area (Å²) in [5, 5.41) is 0. The maximum atomic E-state index is 12.2. The molecule has 0 radical (unpaired) electrons. The highest BCUT2D eigenvalue weighted by atomic mass is 32.2. The largest absolute Gasteiger partial charge is 0.298 e. The Kier molecular flexibility index (Phi) is 4.18. The van der Waals surface area contributed by atoms with Gasteiger partial charge >= 0.3 is 0 Å². The van der Waals surface area contributed by atoms with E-state index in [4.69, 9.17) is 0 Å². The molecule has 0 bridgehead atoms. The lowest BCUT2D eigenvalue weighted by atomic mass is 10.2. The first-order chi connectivity index (χ1) is 9.92. The van der Waals surface area contributed by atoms with E-state index in [9.17, 15) is 18.0 Å². The van der Waals surface area contributed by atoms with Crippen LogP contribution in [-0.4, -0.2) is 20.5 Å². The van der Waals surface area contributed by atoms with E-state index < -0.39 is 10.0 Å². The van der Waals surface area contributed by atoms with Gasteiger partial charge in [-0.3, -0.25) is 14.3 Å². The van der Waals surface area contributed by atoms with E-state index in [2.05, 4.69) is 4.72 Å². The third-order valence-electron chi connectivity index (χ3n) is 2.85. The van der Waals surface area contributed by atoms with Crippen molar-refractivity contribution in [3.63, 3.8) is 0 Å². The van der Waals surface area contributed by atoms with Crippen LogP contribution < -0.4 is 4.72 Å². The van der Waals surface area contributed by atoms with E-state index in [1.807, 2.05) is 0 Å². The molecule has 5 nitrogen and oxygen atoms in total. The fourth-order valence-corrected chi connectivity index (χ4v) is 2.81. The molecule has 0 aliphatic carbocycles. The molecule has 2 rings (SSSR count). The number of rotatable bonds is 5. The summed E-state index contributed by atoms with van der Waals surface area (Å²) in [5.41, 5.74) is 1.12. The highest BCUT2D eigenvalue weighted by Crippen LogP contribution is 2.17. The van der Waals surface area contributed by atoms with Gasteiger partial charge in [0.25, 0.3) is 10.0 Å². The van der Waals surface area contributed by atoms with E-state index in [1.54, 1.807) is 18.2 Å². The lowest BCUT2D eigenvalue weighted by Crippen LogP contribution is -2.13. The summed E-state index contributed by atoms with van der Waals surface area (Å²) in [6, 6.07) is 11.8. The minimum atomic E-state index is -3.76. The second-order valence-electron chi connectivity index (χ2n) is 4.43. The molecule has 0 spiro atoms. The third kappa shape index (κ3) is 3.55. The van der Waals surface area contributed by atoms with Gasteiger partial charge in [0.1, 0.15) is 6.29 Å². The van der Waals surface area contributed by atoms with Crippen molar-refractivity contribution in [2.75, 3.05) is 4.72 Å². The van der Waals surface area contributed by atoms with E-state index >= 15 is 0 Å². The van der Waals surface area contributed by atoms with Crippen molar-refractivity contribution >= 4 is 27.8 Å². The van der Waals surface area contributed by atoms with Crippen molar-refractivity contribution in [3.8, 4) is 0 Å². The molecule has 21 heavy (non-hydrogen) atoms. The monoisotopic (exact) mass is 303 g/mol. The van der Waals surface area contributed by atoms with Crippen LogP contribution in [0.15, 0.2) is 53.4 Å². The average molecular weight is 303 g/mol. The van der Waals surface area contributed by atoms with E-state index in [1.165, 1.54) is 37.3 Å². The Hall–Kier alpha value is -2.47. The molecule has 0 fully saturated rings. The molecule has 108 valence electrons. The molecule has 0 unspecified atom stereocenters. The summed E-state index contributed by atoms with van der Waals surface area (Å²) in [7, 11) is -3.76. The summed E-state index contributed by atoms with van der Waals surface area (Å²) in [6.07, 6.45) is 0.638. The van der Waals surface area contributed by atoms with Crippen LogP contribution in [0.1, 0.15) is 27.6 Å². The minimum absolute atomic E-state index is 0.0454. The quantitative estimate of drug-likeness (QED) is 0.680. The Bertz CT molecular complexity index is 780. The van der Waals surface area contributed by atoms with E-state index in [-0.39, 0.29) is 10.7 Å². The van der Waals surface area contributed by atoms with Crippen molar-refractivity contribution in [2.45, 2.75) is 11.8 Å². The van der Waals surface area contributed by atoms with Gasteiger partial charge in [0.2, 0.25) is 0 Å². The number of sulfonamides is 1. The molecule has 0 amide bonds. The lowest BCUT2D eigenvalue weighted by molar-refractivity contribution is 0.101. The fourth-order valence-electron chi connectivity index (χ4n) is 1.76. The smallest absolute Gasteiger partial charge is 0.261 e. The van der Waals surface area contributed by atoms with Crippen LogP contribution >= 0.6 is 0 Å². The van der Waals surface area contributed by atoms with Crippen LogP contribution in [0.5, 0.6) is 0 Å². The number of aldehydes is 1. The molecule has 0 aliphatic rings. The van der Waals surface area contributed by atoms with Crippen molar-refractivity contribution in [3.05, 3.63) is 59.7 Å². The maximum Gasteiger partial charge on any atom is 0.261 e. The van der Waals surface area contributed by atoms with Crippen molar-refractivity contribution in [1.29, 1.82) is 0 Å². The van der Waals surface area contributed by atoms with Crippen LogP contribution in [0, 0.1) is 0 Å². The van der Waals surface area contributed by atoms with Gasteiger partial charge in [-0.15, -0.1) is 0 Å². The summed E-state index contributed by atoms with van der Waals surface area (Å²) >= 11 is 0. The average Bonchev–Trinajstić information content (AvgIpc) is 2.47. The zero-order valence-corrected chi connectivity index (χ0v) is 12.1. The van der Waals surface area contributed by atoms with Gasteiger partial charge in [-0.05, 0) is 31.2 Å². The molecule has 2 aromatic rings. The number of hydrogen-bond donors (Lipinski definition) is 1. The predicted molar refractivity (Wildman–Crippen MR) is 79.1 cm³/mol. The van der Waals surface area contributed by atoms with Gasteiger partial charge in [-0.2, -0.15) is 0 Å². The SMILES string of the molecule is CC(=O)c1ccc(S(=O)(=O)Nc2cccc(C=O)c2)cc1. The van der Waals surface area contributed by atoms with Gasteiger partial charge in [0, 0.05) is 16.8 Å². The first-order valence-electron chi connectivity index (χ1n) is 6.11. The molecule has 6 heteroatoms. The van der Waals surface area contributed by atoms with Crippen LogP contribution in [0.25, 0.3) is 0 Å². The molecule has 0 saturated carbocycles. The normalized spacial score (nSPS) is 10.9. The van der Waals surface area contributed by atoms with E-state index in [0.717, 1.165) is 0 Å². The number of benzene rings is 2. The molecule has 2 aromatic carbocycles. The number of anilines is 1. The Morgan fingerprint density at radius 1 is 1.10 bits per heavy atom. The highest BCUT2D eigenvalue weighted by Gasteiger charge is 2.14. The topological polar surface area (TPSA) is 80.3 Å². The maximum absolute atomic E-state index is 12.2. The zero-order valence-electron chi connectivity index (χ0n) is 11.2. The zero-order chi connectivity index (χ0) is 15.5. The van der Waals surface area contributed by atoms with Gasteiger partial charge in [-0.25, -0.2) is 8.42 Å². The minimum Gasteiger partial charge on any atom is -0.298 e. The van der Waals surface area contributed by atoms with Crippen molar-refractivity contribution < 1.29 is 18.0 Å².